The first-order valence-electron chi connectivity index (χ1n) is 3.75. The second-order valence-corrected chi connectivity index (χ2v) is 4.10. The molecule has 0 aliphatic rings. The summed E-state index contributed by atoms with van der Waals surface area (Å²) in [4.78, 5) is 0.560. The van der Waals surface area contributed by atoms with Crippen molar-refractivity contribution in [3.63, 3.8) is 0 Å². The van der Waals surface area contributed by atoms with Crippen LogP contribution in [0.4, 0.5) is 8.78 Å². The summed E-state index contributed by atoms with van der Waals surface area (Å²) in [6.07, 6.45) is 0. The van der Waals surface area contributed by atoms with Crippen molar-refractivity contribution in [1.29, 1.82) is 5.26 Å². The van der Waals surface area contributed by atoms with Gasteiger partial charge in [-0.15, -0.1) is 23.4 Å². The van der Waals surface area contributed by atoms with E-state index < -0.39 is 17.0 Å². The van der Waals surface area contributed by atoms with Gasteiger partial charge in [0.15, 0.2) is 11.6 Å². The number of halogens is 3. The molecular formula is C9H6ClF2NS. The van der Waals surface area contributed by atoms with E-state index in [0.717, 1.165) is 12.1 Å². The number of thioether (sulfide) groups is 1. The maximum Gasteiger partial charge on any atom is 0.159 e. The number of benzene rings is 1. The normalized spacial score (nSPS) is 12.1. The fourth-order valence-corrected chi connectivity index (χ4v) is 1.73. The molecule has 1 nitrogen and oxygen atoms in total. The van der Waals surface area contributed by atoms with Gasteiger partial charge < -0.3 is 0 Å². The van der Waals surface area contributed by atoms with Crippen molar-refractivity contribution in [2.24, 2.45) is 0 Å². The van der Waals surface area contributed by atoms with Crippen LogP contribution in [0.1, 0.15) is 0 Å². The van der Waals surface area contributed by atoms with Crippen molar-refractivity contribution < 1.29 is 8.78 Å². The first kappa shape index (κ1) is 11.3. The van der Waals surface area contributed by atoms with Gasteiger partial charge in [0, 0.05) is 10.6 Å². The van der Waals surface area contributed by atoms with E-state index in [1.807, 2.05) is 6.07 Å². The number of nitrogens with zero attached hydrogens (tertiary/aromatic N) is 1. The van der Waals surface area contributed by atoms with Crippen molar-refractivity contribution in [3.05, 3.63) is 29.8 Å². The Balaban J connectivity index is 2.61. The Morgan fingerprint density at radius 2 is 2.14 bits per heavy atom. The van der Waals surface area contributed by atoms with E-state index in [-0.39, 0.29) is 0 Å². The van der Waals surface area contributed by atoms with Crippen LogP contribution in [0.15, 0.2) is 23.1 Å². The average Bonchev–Trinajstić information content (AvgIpc) is 2.19. The largest absolute Gasteiger partial charge is 0.204 e. The standard InChI is InChI=1S/C9H6ClF2NS/c10-6(4-13)5-14-7-1-2-8(11)9(12)3-7/h1-3,6H,5H2. The van der Waals surface area contributed by atoms with Crippen molar-refractivity contribution >= 4 is 23.4 Å². The summed E-state index contributed by atoms with van der Waals surface area (Å²) in [6.45, 7) is 0. The lowest BCUT2D eigenvalue weighted by Crippen LogP contribution is -1.97. The van der Waals surface area contributed by atoms with Crippen LogP contribution in [0.2, 0.25) is 0 Å². The molecule has 0 fully saturated rings. The van der Waals surface area contributed by atoms with Gasteiger partial charge in [0.1, 0.15) is 5.38 Å². The first-order valence-corrected chi connectivity index (χ1v) is 5.17. The van der Waals surface area contributed by atoms with Crippen LogP contribution >= 0.6 is 23.4 Å². The van der Waals surface area contributed by atoms with Crippen LogP contribution < -0.4 is 0 Å². The Hall–Kier alpha value is -0.790. The summed E-state index contributed by atoms with van der Waals surface area (Å²) < 4.78 is 25.2. The molecular weight excluding hydrogens is 228 g/mol. The monoisotopic (exact) mass is 233 g/mol. The Morgan fingerprint density at radius 3 is 2.71 bits per heavy atom. The van der Waals surface area contributed by atoms with Gasteiger partial charge in [-0.3, -0.25) is 0 Å². The molecule has 1 atom stereocenters. The molecule has 74 valence electrons. The second kappa shape index (κ2) is 5.18. The van der Waals surface area contributed by atoms with E-state index in [1.54, 1.807) is 0 Å². The van der Waals surface area contributed by atoms with Crippen molar-refractivity contribution in [3.8, 4) is 6.07 Å². The average molecular weight is 234 g/mol. The predicted molar refractivity (Wildman–Crippen MR) is 52.3 cm³/mol. The predicted octanol–water partition coefficient (Wildman–Crippen LogP) is 3.19. The van der Waals surface area contributed by atoms with E-state index in [0.29, 0.717) is 10.6 Å². The first-order chi connectivity index (χ1) is 6.63. The molecule has 0 N–H and O–H groups in total. The van der Waals surface area contributed by atoms with Gasteiger partial charge in [-0.1, -0.05) is 0 Å². The van der Waals surface area contributed by atoms with Crippen molar-refractivity contribution in [1.82, 2.24) is 0 Å². The van der Waals surface area contributed by atoms with E-state index in [9.17, 15) is 8.78 Å². The zero-order chi connectivity index (χ0) is 10.6. The number of nitriles is 1. The highest BCUT2D eigenvalue weighted by Gasteiger charge is 2.06. The highest BCUT2D eigenvalue weighted by atomic mass is 35.5. The van der Waals surface area contributed by atoms with E-state index >= 15 is 0 Å². The minimum Gasteiger partial charge on any atom is -0.204 e. The number of hydrogen-bond donors (Lipinski definition) is 0. The van der Waals surface area contributed by atoms with Crippen LogP contribution in [0, 0.1) is 23.0 Å². The number of alkyl halides is 1. The van der Waals surface area contributed by atoms with Gasteiger partial charge in [-0.25, -0.2) is 8.78 Å². The summed E-state index contributed by atoms with van der Waals surface area (Å²) >= 11 is 6.75. The molecule has 0 aliphatic carbocycles. The fraction of sp³-hybridized carbons (Fsp3) is 0.222. The SMILES string of the molecule is N#CC(Cl)CSc1ccc(F)c(F)c1. The molecule has 1 rings (SSSR count). The van der Waals surface area contributed by atoms with Gasteiger partial charge >= 0.3 is 0 Å². The Bertz CT molecular complexity index is 364. The number of hydrogen-bond acceptors (Lipinski definition) is 2. The molecule has 0 saturated carbocycles. The van der Waals surface area contributed by atoms with E-state index in [1.165, 1.54) is 17.8 Å². The molecule has 1 aromatic carbocycles. The lowest BCUT2D eigenvalue weighted by Gasteiger charge is -2.01. The van der Waals surface area contributed by atoms with Crippen LogP contribution in [0.5, 0.6) is 0 Å². The molecule has 0 heterocycles. The third-order valence-corrected chi connectivity index (χ3v) is 2.95. The molecule has 5 heteroatoms. The Morgan fingerprint density at radius 1 is 1.43 bits per heavy atom. The topological polar surface area (TPSA) is 23.8 Å². The molecule has 1 unspecified atom stereocenters. The Kier molecular flexibility index (Phi) is 4.18. The minimum absolute atomic E-state index is 0.350. The molecule has 14 heavy (non-hydrogen) atoms. The zero-order valence-corrected chi connectivity index (χ0v) is 8.58. The summed E-state index contributed by atoms with van der Waals surface area (Å²) in [7, 11) is 0. The Labute approximate surface area is 89.7 Å². The molecule has 0 aromatic heterocycles. The second-order valence-electron chi connectivity index (χ2n) is 2.48. The third-order valence-electron chi connectivity index (χ3n) is 1.43. The quantitative estimate of drug-likeness (QED) is 0.591. The van der Waals surface area contributed by atoms with E-state index in [4.69, 9.17) is 16.9 Å². The smallest absolute Gasteiger partial charge is 0.159 e. The van der Waals surface area contributed by atoms with Crippen molar-refractivity contribution in [2.75, 3.05) is 5.75 Å². The molecule has 0 radical (unpaired) electrons. The van der Waals surface area contributed by atoms with Gasteiger partial charge in [0.2, 0.25) is 0 Å². The number of rotatable bonds is 3. The van der Waals surface area contributed by atoms with Crippen LogP contribution in [-0.2, 0) is 0 Å². The highest BCUT2D eigenvalue weighted by molar-refractivity contribution is 7.99. The summed E-state index contributed by atoms with van der Waals surface area (Å²) in [5.41, 5.74) is 0. The maximum absolute atomic E-state index is 12.7. The highest BCUT2D eigenvalue weighted by Crippen LogP contribution is 2.22. The van der Waals surface area contributed by atoms with Crippen LogP contribution in [-0.4, -0.2) is 11.1 Å². The molecule has 0 bridgehead atoms. The molecule has 1 aromatic rings. The van der Waals surface area contributed by atoms with E-state index in [2.05, 4.69) is 0 Å². The summed E-state index contributed by atoms with van der Waals surface area (Å²) in [6, 6.07) is 5.42. The lowest BCUT2D eigenvalue weighted by molar-refractivity contribution is 0.506. The van der Waals surface area contributed by atoms with Gasteiger partial charge in [-0.05, 0) is 18.2 Å². The lowest BCUT2D eigenvalue weighted by atomic mass is 10.3. The molecule has 0 spiro atoms. The maximum atomic E-state index is 12.7. The van der Waals surface area contributed by atoms with Gasteiger partial charge in [0.05, 0.1) is 6.07 Å². The third kappa shape index (κ3) is 3.17. The van der Waals surface area contributed by atoms with Crippen LogP contribution in [0.25, 0.3) is 0 Å². The molecule has 0 aliphatic heterocycles. The fourth-order valence-electron chi connectivity index (χ4n) is 0.773. The zero-order valence-electron chi connectivity index (χ0n) is 7.01. The molecule has 0 saturated heterocycles. The molecule has 0 amide bonds. The van der Waals surface area contributed by atoms with Crippen LogP contribution in [0.3, 0.4) is 0 Å². The minimum atomic E-state index is -0.891. The van der Waals surface area contributed by atoms with Gasteiger partial charge in [-0.2, -0.15) is 5.26 Å². The summed E-state index contributed by atoms with van der Waals surface area (Å²) in [5.74, 6) is -1.42. The van der Waals surface area contributed by atoms with Gasteiger partial charge in [0.25, 0.3) is 0 Å². The van der Waals surface area contributed by atoms with Crippen molar-refractivity contribution in [2.45, 2.75) is 10.3 Å². The summed E-state index contributed by atoms with van der Waals surface area (Å²) in [5, 5.41) is 7.76.